The Hall–Kier alpha value is -3.85. The molecule has 0 heterocycles. The Bertz CT molecular complexity index is 1480. The fraction of sp³-hybridized carbons (Fsp3) is 0.547. The van der Waals surface area contributed by atoms with Crippen LogP contribution < -0.4 is 5.73 Å². The van der Waals surface area contributed by atoms with Gasteiger partial charge in [-0.1, -0.05) is 180 Å². The predicted molar refractivity (Wildman–Crippen MR) is 265 cm³/mol. The second-order valence-corrected chi connectivity index (χ2v) is 16.3. The molecule has 0 rings (SSSR count). The highest BCUT2D eigenvalue weighted by molar-refractivity contribution is 7.47. The lowest BCUT2D eigenvalue weighted by Crippen LogP contribution is -2.29. The summed E-state index contributed by atoms with van der Waals surface area (Å²) < 4.78 is 32.5. The molecule has 0 saturated heterocycles. The molecule has 0 bridgehead atoms. The lowest BCUT2D eigenvalue weighted by Gasteiger charge is -2.19. The fourth-order valence-electron chi connectivity index (χ4n) is 5.58. The highest BCUT2D eigenvalue weighted by Crippen LogP contribution is 2.43. The number of hydrogen-bond acceptors (Lipinski definition) is 8. The van der Waals surface area contributed by atoms with E-state index in [9.17, 15) is 19.0 Å². The Morgan fingerprint density at radius 3 is 1.29 bits per heavy atom. The molecular formula is C53H84NO8P. The molecule has 0 aliphatic heterocycles. The van der Waals surface area contributed by atoms with Crippen molar-refractivity contribution in [2.45, 2.75) is 161 Å². The lowest BCUT2D eigenvalue weighted by molar-refractivity contribution is -0.161. The summed E-state index contributed by atoms with van der Waals surface area (Å²) >= 11 is 0. The maximum absolute atomic E-state index is 12.5. The first-order chi connectivity index (χ1) is 30.8. The number of nitrogens with two attached hydrogens (primary N) is 1. The Kier molecular flexibility index (Phi) is 44.7. The van der Waals surface area contributed by atoms with Gasteiger partial charge in [-0.3, -0.25) is 18.6 Å². The Morgan fingerprint density at radius 2 is 0.873 bits per heavy atom. The predicted octanol–water partition coefficient (Wildman–Crippen LogP) is 14.3. The first kappa shape index (κ1) is 59.1. The number of phosphoric ester groups is 1. The first-order valence-corrected chi connectivity index (χ1v) is 25.2. The van der Waals surface area contributed by atoms with Crippen molar-refractivity contribution in [3.63, 3.8) is 0 Å². The standard InChI is InChI=1S/C53H84NO8P/c1-3-5-7-9-10-11-12-13-14-15-16-17-18-19-20-21-22-23-24-25-26-27-28-29-30-31-32-33-34-35-36-37-38-39-40-42-44-46-53(56)62-51(50-61-63(57,58)60-48-47-54)49-59-52(55)45-43-41-8-6-4-2/h5,7,10-11,13-14,16-17,19-20,22-23,25-26,28-29,31-32,34-35,37-38,51H,3-4,6,8-9,12,15,18,21,24,27,30,33,36,39-50,54H2,1-2H3,(H,57,58)/b7-5-,11-10-,14-13-,17-16-,20-19-,23-22-,26-25-,29-28-,32-31-,35-34-,38-37-. The van der Waals surface area contributed by atoms with Crippen LogP contribution in [0.3, 0.4) is 0 Å². The molecule has 0 saturated carbocycles. The summed E-state index contributed by atoms with van der Waals surface area (Å²) in [7, 11) is -4.38. The maximum Gasteiger partial charge on any atom is 0.472 e. The Morgan fingerprint density at radius 1 is 0.492 bits per heavy atom. The van der Waals surface area contributed by atoms with Crippen molar-refractivity contribution in [3.8, 4) is 0 Å². The van der Waals surface area contributed by atoms with Crippen molar-refractivity contribution in [1.82, 2.24) is 0 Å². The molecule has 354 valence electrons. The summed E-state index contributed by atoms with van der Waals surface area (Å²) in [5, 5.41) is 0. The van der Waals surface area contributed by atoms with E-state index < -0.39 is 32.5 Å². The molecule has 2 atom stereocenters. The van der Waals surface area contributed by atoms with Crippen LogP contribution in [-0.4, -0.2) is 49.3 Å². The van der Waals surface area contributed by atoms with E-state index in [1.165, 1.54) is 0 Å². The van der Waals surface area contributed by atoms with Gasteiger partial charge in [0.2, 0.25) is 0 Å². The molecule has 0 radical (unpaired) electrons. The van der Waals surface area contributed by atoms with Gasteiger partial charge in [-0.15, -0.1) is 0 Å². The van der Waals surface area contributed by atoms with Gasteiger partial charge < -0.3 is 20.1 Å². The van der Waals surface area contributed by atoms with Crippen molar-refractivity contribution in [2.75, 3.05) is 26.4 Å². The smallest absolute Gasteiger partial charge is 0.462 e. The van der Waals surface area contributed by atoms with Crippen LogP contribution in [0, 0.1) is 0 Å². The van der Waals surface area contributed by atoms with E-state index in [4.69, 9.17) is 24.3 Å². The van der Waals surface area contributed by atoms with Crippen molar-refractivity contribution < 1.29 is 37.6 Å². The van der Waals surface area contributed by atoms with Gasteiger partial charge in [-0.2, -0.15) is 0 Å². The molecule has 0 spiro atoms. The molecule has 0 aromatic rings. The largest absolute Gasteiger partial charge is 0.472 e. The van der Waals surface area contributed by atoms with Crippen molar-refractivity contribution >= 4 is 19.8 Å². The van der Waals surface area contributed by atoms with E-state index in [2.05, 4.69) is 148 Å². The molecule has 10 heteroatoms. The molecular weight excluding hydrogens is 810 g/mol. The van der Waals surface area contributed by atoms with Gasteiger partial charge in [-0.05, 0) is 96.3 Å². The van der Waals surface area contributed by atoms with Gasteiger partial charge in [0, 0.05) is 19.4 Å². The first-order valence-electron chi connectivity index (χ1n) is 23.7. The summed E-state index contributed by atoms with van der Waals surface area (Å²) in [5.41, 5.74) is 5.32. The van der Waals surface area contributed by atoms with Crippen LogP contribution in [-0.2, 0) is 32.7 Å². The number of ether oxygens (including phenoxy) is 2. The minimum Gasteiger partial charge on any atom is -0.462 e. The third kappa shape index (κ3) is 47.5. The monoisotopic (exact) mass is 894 g/mol. The minimum atomic E-state index is -4.38. The van der Waals surface area contributed by atoms with E-state index in [0.717, 1.165) is 116 Å². The van der Waals surface area contributed by atoms with Gasteiger partial charge in [-0.25, -0.2) is 4.57 Å². The van der Waals surface area contributed by atoms with Gasteiger partial charge >= 0.3 is 19.8 Å². The van der Waals surface area contributed by atoms with E-state index in [1.807, 2.05) is 0 Å². The number of esters is 2. The molecule has 0 aliphatic carbocycles. The van der Waals surface area contributed by atoms with Crippen LogP contribution in [0.5, 0.6) is 0 Å². The zero-order chi connectivity index (χ0) is 46.0. The number of carbonyl (C=O) groups is 2. The molecule has 3 N–H and O–H groups in total. The molecule has 0 amide bonds. The van der Waals surface area contributed by atoms with Crippen molar-refractivity contribution in [3.05, 3.63) is 134 Å². The Balaban J connectivity index is 4.02. The van der Waals surface area contributed by atoms with Crippen LogP contribution in [0.2, 0.25) is 0 Å². The van der Waals surface area contributed by atoms with Crippen LogP contribution in [0.4, 0.5) is 0 Å². The number of rotatable bonds is 42. The van der Waals surface area contributed by atoms with E-state index in [0.29, 0.717) is 12.8 Å². The second kappa shape index (κ2) is 47.6. The summed E-state index contributed by atoms with van der Waals surface area (Å²) in [6, 6.07) is 0. The quantitative estimate of drug-likeness (QED) is 0.0266. The average molecular weight is 894 g/mol. The van der Waals surface area contributed by atoms with Gasteiger partial charge in [0.1, 0.15) is 6.61 Å². The fourth-order valence-corrected chi connectivity index (χ4v) is 6.34. The molecule has 9 nitrogen and oxygen atoms in total. The SMILES string of the molecule is CC/C=C\C/C=C\C/C=C\C/C=C\C/C=C\C/C=C\C/C=C\C/C=C\C/C=C\C/C=C\C/C=C\CCCCCC(=O)OC(COC(=O)CCCCCCC)COP(=O)(O)OCCN. The van der Waals surface area contributed by atoms with Gasteiger partial charge in [0.25, 0.3) is 0 Å². The van der Waals surface area contributed by atoms with Gasteiger partial charge in [0.05, 0.1) is 13.2 Å². The second-order valence-electron chi connectivity index (χ2n) is 14.9. The third-order valence-corrected chi connectivity index (χ3v) is 10.0. The van der Waals surface area contributed by atoms with Crippen LogP contribution in [0.25, 0.3) is 0 Å². The highest BCUT2D eigenvalue weighted by Gasteiger charge is 2.26. The van der Waals surface area contributed by atoms with Gasteiger partial charge in [0.15, 0.2) is 6.10 Å². The number of carbonyl (C=O) groups excluding carboxylic acids is 2. The number of unbranched alkanes of at least 4 members (excludes halogenated alkanes) is 7. The van der Waals surface area contributed by atoms with Crippen LogP contribution in [0.1, 0.15) is 155 Å². The van der Waals surface area contributed by atoms with E-state index in [-0.39, 0.29) is 32.6 Å². The topological polar surface area (TPSA) is 134 Å². The van der Waals surface area contributed by atoms with Crippen molar-refractivity contribution in [1.29, 1.82) is 0 Å². The summed E-state index contributed by atoms with van der Waals surface area (Å²) in [4.78, 5) is 34.5. The molecule has 0 fully saturated rings. The number of hydrogen-bond donors (Lipinski definition) is 2. The summed E-state index contributed by atoms with van der Waals surface area (Å²) in [6.07, 6.45) is 67.0. The summed E-state index contributed by atoms with van der Waals surface area (Å²) in [5.74, 6) is -0.896. The zero-order valence-corrected chi connectivity index (χ0v) is 39.9. The normalized spacial score (nSPS) is 14.4. The average Bonchev–Trinajstić information content (AvgIpc) is 3.27. The molecule has 63 heavy (non-hydrogen) atoms. The van der Waals surface area contributed by atoms with Crippen LogP contribution >= 0.6 is 7.82 Å². The van der Waals surface area contributed by atoms with Crippen LogP contribution in [0.15, 0.2) is 134 Å². The number of allylic oxidation sites excluding steroid dienone is 22. The van der Waals surface area contributed by atoms with E-state index in [1.54, 1.807) is 0 Å². The van der Waals surface area contributed by atoms with Crippen molar-refractivity contribution in [2.24, 2.45) is 5.73 Å². The molecule has 0 aliphatic rings. The highest BCUT2D eigenvalue weighted by atomic mass is 31.2. The summed E-state index contributed by atoms with van der Waals surface area (Å²) in [6.45, 7) is 3.44. The lowest BCUT2D eigenvalue weighted by atomic mass is 10.1. The maximum atomic E-state index is 12.5. The Labute approximate surface area is 383 Å². The molecule has 0 aromatic carbocycles. The zero-order valence-electron chi connectivity index (χ0n) is 39.0. The molecule has 0 aromatic heterocycles. The van der Waals surface area contributed by atoms with E-state index >= 15 is 0 Å². The number of phosphoric acid groups is 1. The molecule has 2 unspecified atom stereocenters. The third-order valence-electron chi connectivity index (χ3n) is 9.05. The minimum absolute atomic E-state index is 0.0409.